The van der Waals surface area contributed by atoms with Gasteiger partial charge < -0.3 is 5.32 Å². The van der Waals surface area contributed by atoms with Crippen molar-refractivity contribution in [3.63, 3.8) is 0 Å². The zero-order chi connectivity index (χ0) is 14.8. The summed E-state index contributed by atoms with van der Waals surface area (Å²) >= 11 is 0. The molecule has 108 valence electrons. The molecule has 20 heavy (non-hydrogen) atoms. The van der Waals surface area contributed by atoms with E-state index in [4.69, 9.17) is 0 Å². The molecule has 0 saturated heterocycles. The normalized spacial score (nSPS) is 12.1. The van der Waals surface area contributed by atoms with Gasteiger partial charge in [0.05, 0.1) is 17.6 Å². The summed E-state index contributed by atoms with van der Waals surface area (Å²) in [6.45, 7) is 11.7. The van der Waals surface area contributed by atoms with Crippen LogP contribution in [0.25, 0.3) is 5.69 Å². The van der Waals surface area contributed by atoms with Crippen molar-refractivity contribution >= 4 is 0 Å². The fourth-order valence-corrected chi connectivity index (χ4v) is 2.01. The molecule has 1 aromatic carbocycles. The topological polar surface area (TPSA) is 42.7 Å². The monoisotopic (exact) mass is 272 g/mol. The van der Waals surface area contributed by atoms with Gasteiger partial charge in [-0.15, -0.1) is 5.10 Å². The molecule has 0 radical (unpaired) electrons. The fraction of sp³-hybridized carbons (Fsp3) is 0.500. The Morgan fingerprint density at radius 1 is 1.15 bits per heavy atom. The van der Waals surface area contributed by atoms with Crippen LogP contribution in [0.15, 0.2) is 30.5 Å². The van der Waals surface area contributed by atoms with Crippen LogP contribution in [0.5, 0.6) is 0 Å². The summed E-state index contributed by atoms with van der Waals surface area (Å²) in [6, 6.07) is 8.98. The van der Waals surface area contributed by atoms with Gasteiger partial charge in [-0.1, -0.05) is 52.0 Å². The molecule has 0 fully saturated rings. The molecule has 4 heteroatoms. The van der Waals surface area contributed by atoms with Crippen molar-refractivity contribution in [1.82, 2.24) is 20.3 Å². The van der Waals surface area contributed by atoms with Crippen molar-refractivity contribution in [1.29, 1.82) is 0 Å². The molecule has 0 unspecified atom stereocenters. The van der Waals surface area contributed by atoms with Crippen LogP contribution in [0.3, 0.4) is 0 Å². The number of hydrogen-bond acceptors (Lipinski definition) is 3. The van der Waals surface area contributed by atoms with Crippen LogP contribution in [0, 0.1) is 0 Å². The van der Waals surface area contributed by atoms with Gasteiger partial charge in [0.25, 0.3) is 0 Å². The molecule has 0 amide bonds. The Balaban J connectivity index is 2.22. The molecule has 0 spiro atoms. The van der Waals surface area contributed by atoms with E-state index < -0.39 is 0 Å². The van der Waals surface area contributed by atoms with Crippen molar-refractivity contribution in [2.45, 2.75) is 52.6 Å². The van der Waals surface area contributed by atoms with Gasteiger partial charge in [0.15, 0.2) is 0 Å². The van der Waals surface area contributed by atoms with Gasteiger partial charge in [0.2, 0.25) is 0 Å². The van der Waals surface area contributed by atoms with Gasteiger partial charge in [0, 0.05) is 12.6 Å². The van der Waals surface area contributed by atoms with Crippen molar-refractivity contribution in [3.8, 4) is 5.69 Å². The van der Waals surface area contributed by atoms with Crippen molar-refractivity contribution in [3.05, 3.63) is 41.7 Å². The predicted octanol–water partition coefficient (Wildman–Crippen LogP) is 3.06. The molecule has 2 aromatic rings. The molecule has 4 nitrogen and oxygen atoms in total. The molecule has 0 bridgehead atoms. The fourth-order valence-electron chi connectivity index (χ4n) is 2.01. The molecule has 0 aliphatic carbocycles. The van der Waals surface area contributed by atoms with Crippen LogP contribution in [-0.2, 0) is 12.0 Å². The molecule has 0 atom stereocenters. The first-order valence-electron chi connectivity index (χ1n) is 7.12. The number of rotatable bonds is 4. The molecule has 0 aliphatic heterocycles. The van der Waals surface area contributed by atoms with Crippen LogP contribution in [0.4, 0.5) is 0 Å². The van der Waals surface area contributed by atoms with Gasteiger partial charge in [-0.05, 0) is 23.1 Å². The van der Waals surface area contributed by atoms with Crippen molar-refractivity contribution in [2.24, 2.45) is 0 Å². The number of nitrogens with zero attached hydrogens (tertiary/aromatic N) is 3. The van der Waals surface area contributed by atoms with E-state index in [9.17, 15) is 0 Å². The standard InChI is InChI=1S/C16H24N4/c1-12(2)17-10-15-11-18-19-20(15)14-8-6-13(7-9-14)16(3,4)5/h6-9,11-12,17H,10H2,1-5H3. The molecule has 1 heterocycles. The molecule has 0 saturated carbocycles. The summed E-state index contributed by atoms with van der Waals surface area (Å²) in [4.78, 5) is 0. The van der Waals surface area contributed by atoms with Crippen LogP contribution < -0.4 is 5.32 Å². The zero-order valence-electron chi connectivity index (χ0n) is 13.0. The van der Waals surface area contributed by atoms with E-state index in [1.165, 1.54) is 5.56 Å². The van der Waals surface area contributed by atoms with E-state index in [0.29, 0.717) is 6.04 Å². The molecule has 2 rings (SSSR count). The lowest BCUT2D eigenvalue weighted by Crippen LogP contribution is -2.23. The highest BCUT2D eigenvalue weighted by molar-refractivity contribution is 5.37. The Hall–Kier alpha value is -1.68. The lowest BCUT2D eigenvalue weighted by Gasteiger charge is -2.19. The van der Waals surface area contributed by atoms with E-state index in [1.807, 2.05) is 10.9 Å². The minimum absolute atomic E-state index is 0.170. The molecular weight excluding hydrogens is 248 g/mol. The lowest BCUT2D eigenvalue weighted by molar-refractivity contribution is 0.569. The second kappa shape index (κ2) is 5.75. The molecule has 0 aliphatic rings. The first kappa shape index (κ1) is 14.7. The van der Waals surface area contributed by atoms with Crippen LogP contribution in [0.1, 0.15) is 45.9 Å². The number of nitrogens with one attached hydrogen (secondary N) is 1. The Bertz CT molecular complexity index is 547. The summed E-state index contributed by atoms with van der Waals surface area (Å²) in [6.07, 6.45) is 1.81. The zero-order valence-corrected chi connectivity index (χ0v) is 13.0. The van der Waals surface area contributed by atoms with E-state index in [1.54, 1.807) is 0 Å². The number of benzene rings is 1. The molecule has 1 N–H and O–H groups in total. The second-order valence-electron chi connectivity index (χ2n) is 6.47. The molecular formula is C16H24N4. The summed E-state index contributed by atoms with van der Waals surface area (Å²) in [7, 11) is 0. The van der Waals surface area contributed by atoms with Gasteiger partial charge in [-0.2, -0.15) is 0 Å². The van der Waals surface area contributed by atoms with Crippen LogP contribution >= 0.6 is 0 Å². The number of hydrogen-bond donors (Lipinski definition) is 1. The highest BCUT2D eigenvalue weighted by Gasteiger charge is 2.14. The average Bonchev–Trinajstić information content (AvgIpc) is 2.83. The second-order valence-corrected chi connectivity index (χ2v) is 6.47. The predicted molar refractivity (Wildman–Crippen MR) is 82.0 cm³/mol. The average molecular weight is 272 g/mol. The SMILES string of the molecule is CC(C)NCc1cnnn1-c1ccc(C(C)(C)C)cc1. The van der Waals surface area contributed by atoms with Gasteiger partial charge in [0.1, 0.15) is 0 Å². The lowest BCUT2D eigenvalue weighted by atomic mass is 9.87. The largest absolute Gasteiger partial charge is 0.309 e. The Morgan fingerprint density at radius 3 is 2.35 bits per heavy atom. The van der Waals surface area contributed by atoms with E-state index >= 15 is 0 Å². The quantitative estimate of drug-likeness (QED) is 0.930. The van der Waals surface area contributed by atoms with E-state index in [2.05, 4.69) is 74.5 Å². The Labute approximate surface area is 121 Å². The summed E-state index contributed by atoms with van der Waals surface area (Å²) in [5.74, 6) is 0. The maximum Gasteiger partial charge on any atom is 0.0783 e. The van der Waals surface area contributed by atoms with Crippen LogP contribution in [-0.4, -0.2) is 21.0 Å². The maximum absolute atomic E-state index is 4.18. The van der Waals surface area contributed by atoms with Crippen molar-refractivity contribution < 1.29 is 0 Å². The molecule has 1 aromatic heterocycles. The summed E-state index contributed by atoms with van der Waals surface area (Å²) in [5, 5.41) is 11.6. The Morgan fingerprint density at radius 2 is 1.80 bits per heavy atom. The highest BCUT2D eigenvalue weighted by atomic mass is 15.4. The van der Waals surface area contributed by atoms with E-state index in [-0.39, 0.29) is 5.41 Å². The van der Waals surface area contributed by atoms with Gasteiger partial charge in [-0.3, -0.25) is 0 Å². The maximum atomic E-state index is 4.18. The summed E-state index contributed by atoms with van der Waals surface area (Å²) in [5.41, 5.74) is 3.62. The highest BCUT2D eigenvalue weighted by Crippen LogP contribution is 2.23. The van der Waals surface area contributed by atoms with Gasteiger partial charge in [-0.25, -0.2) is 4.68 Å². The third-order valence-electron chi connectivity index (χ3n) is 3.29. The summed E-state index contributed by atoms with van der Waals surface area (Å²) < 4.78 is 1.89. The third-order valence-corrected chi connectivity index (χ3v) is 3.29. The first-order valence-corrected chi connectivity index (χ1v) is 7.12. The minimum Gasteiger partial charge on any atom is -0.309 e. The van der Waals surface area contributed by atoms with E-state index in [0.717, 1.165) is 17.9 Å². The first-order chi connectivity index (χ1) is 9.38. The van der Waals surface area contributed by atoms with Crippen molar-refractivity contribution in [2.75, 3.05) is 0 Å². The minimum atomic E-state index is 0.170. The van der Waals surface area contributed by atoms with Crippen LogP contribution in [0.2, 0.25) is 0 Å². The number of aromatic nitrogens is 3. The third kappa shape index (κ3) is 3.45. The Kier molecular flexibility index (Phi) is 4.23. The van der Waals surface area contributed by atoms with Gasteiger partial charge >= 0.3 is 0 Å². The smallest absolute Gasteiger partial charge is 0.0783 e.